The zero-order chi connectivity index (χ0) is 24.0. The number of rotatable bonds is 9. The monoisotopic (exact) mass is 478 g/mol. The van der Waals surface area contributed by atoms with Crippen LogP contribution in [0, 0.1) is 0 Å². The molecular formula is C24H38N4O4S. The second-order valence-corrected chi connectivity index (χ2v) is 10.8. The van der Waals surface area contributed by atoms with E-state index >= 15 is 0 Å². The van der Waals surface area contributed by atoms with Crippen molar-refractivity contribution in [1.82, 2.24) is 14.5 Å². The highest BCUT2D eigenvalue weighted by molar-refractivity contribution is 7.89. The summed E-state index contributed by atoms with van der Waals surface area (Å²) in [6.45, 7) is 9.61. The molecule has 2 amide bonds. The van der Waals surface area contributed by atoms with Crippen LogP contribution in [0.4, 0.5) is 5.69 Å². The molecule has 33 heavy (non-hydrogen) atoms. The van der Waals surface area contributed by atoms with Crippen molar-refractivity contribution in [1.29, 1.82) is 0 Å². The molecule has 0 saturated carbocycles. The van der Waals surface area contributed by atoms with E-state index in [1.54, 1.807) is 26.0 Å². The number of fused-ring (bicyclic) bond motifs is 1. The predicted octanol–water partition coefficient (Wildman–Crippen LogP) is 2.38. The summed E-state index contributed by atoms with van der Waals surface area (Å²) in [7, 11) is -3.60. The first-order chi connectivity index (χ1) is 15.8. The molecule has 1 atom stereocenters. The molecule has 1 aromatic carbocycles. The third-order valence-corrected chi connectivity index (χ3v) is 8.72. The fraction of sp³-hybridized carbons (Fsp3) is 0.667. The highest BCUT2D eigenvalue weighted by Gasteiger charge is 2.37. The van der Waals surface area contributed by atoms with E-state index in [2.05, 4.69) is 10.2 Å². The minimum Gasteiger partial charge on any atom is -0.354 e. The second kappa shape index (κ2) is 11.4. The second-order valence-electron chi connectivity index (χ2n) is 8.89. The summed E-state index contributed by atoms with van der Waals surface area (Å²) in [4.78, 5) is 29.5. The Labute approximate surface area is 198 Å². The molecule has 0 radical (unpaired) electrons. The highest BCUT2D eigenvalue weighted by Crippen LogP contribution is 2.34. The molecule has 2 heterocycles. The largest absolute Gasteiger partial charge is 0.354 e. The fourth-order valence-corrected chi connectivity index (χ4v) is 6.40. The molecule has 1 saturated heterocycles. The van der Waals surface area contributed by atoms with Crippen molar-refractivity contribution in [2.45, 2.75) is 70.2 Å². The first-order valence-electron chi connectivity index (χ1n) is 12.2. The number of amides is 2. The molecular weight excluding hydrogens is 440 g/mol. The lowest BCUT2D eigenvalue weighted by Crippen LogP contribution is -2.47. The molecule has 1 N–H and O–H groups in total. The summed E-state index contributed by atoms with van der Waals surface area (Å²) in [6, 6.07) is 4.15. The number of nitrogens with zero attached hydrogens (tertiary/aromatic N) is 3. The van der Waals surface area contributed by atoms with E-state index in [-0.39, 0.29) is 16.7 Å². The molecule has 8 nitrogen and oxygen atoms in total. The van der Waals surface area contributed by atoms with Crippen LogP contribution in [-0.2, 0) is 26.0 Å². The molecule has 0 spiro atoms. The normalized spacial score (nSPS) is 19.4. The first-order valence-corrected chi connectivity index (χ1v) is 13.7. The number of sulfonamides is 1. The zero-order valence-electron chi connectivity index (χ0n) is 20.2. The van der Waals surface area contributed by atoms with Crippen LogP contribution in [-0.4, -0.2) is 74.7 Å². The van der Waals surface area contributed by atoms with Crippen LogP contribution in [0.2, 0.25) is 0 Å². The van der Waals surface area contributed by atoms with Crippen LogP contribution in [0.3, 0.4) is 0 Å². The first kappa shape index (κ1) is 25.6. The molecule has 3 rings (SSSR count). The molecule has 0 aliphatic carbocycles. The van der Waals surface area contributed by atoms with Crippen molar-refractivity contribution in [3.63, 3.8) is 0 Å². The lowest BCUT2D eigenvalue weighted by Gasteiger charge is -2.24. The van der Waals surface area contributed by atoms with E-state index < -0.39 is 16.1 Å². The Kier molecular flexibility index (Phi) is 8.89. The topological polar surface area (TPSA) is 90.0 Å². The lowest BCUT2D eigenvalue weighted by atomic mass is 10.1. The summed E-state index contributed by atoms with van der Waals surface area (Å²) in [5.74, 6) is -0.414. The number of hydrogen-bond acceptors (Lipinski definition) is 5. The van der Waals surface area contributed by atoms with E-state index in [1.807, 2.05) is 0 Å². The number of carbonyl (C=O) groups excluding carboxylic acids is 2. The molecule has 0 aromatic heterocycles. The van der Waals surface area contributed by atoms with Crippen molar-refractivity contribution in [3.8, 4) is 0 Å². The van der Waals surface area contributed by atoms with E-state index in [0.29, 0.717) is 37.3 Å². The quantitative estimate of drug-likeness (QED) is 0.551. The van der Waals surface area contributed by atoms with Gasteiger partial charge < -0.3 is 10.2 Å². The summed E-state index contributed by atoms with van der Waals surface area (Å²) >= 11 is 0. The minimum absolute atomic E-state index is 0.189. The fourth-order valence-electron chi connectivity index (χ4n) is 4.89. The van der Waals surface area contributed by atoms with Crippen LogP contribution >= 0.6 is 0 Å². The van der Waals surface area contributed by atoms with E-state index in [4.69, 9.17) is 0 Å². The molecule has 1 aromatic rings. The van der Waals surface area contributed by atoms with Gasteiger partial charge in [0.1, 0.15) is 6.04 Å². The van der Waals surface area contributed by atoms with Gasteiger partial charge in [-0.15, -0.1) is 0 Å². The number of nitrogens with one attached hydrogen (secondary N) is 1. The van der Waals surface area contributed by atoms with Gasteiger partial charge in [0.2, 0.25) is 21.8 Å². The van der Waals surface area contributed by atoms with Gasteiger partial charge >= 0.3 is 0 Å². The van der Waals surface area contributed by atoms with Crippen molar-refractivity contribution >= 4 is 27.5 Å². The van der Waals surface area contributed by atoms with Gasteiger partial charge in [0.05, 0.1) is 4.90 Å². The van der Waals surface area contributed by atoms with Gasteiger partial charge in [0.25, 0.3) is 0 Å². The van der Waals surface area contributed by atoms with Gasteiger partial charge in [0.15, 0.2) is 0 Å². The predicted molar refractivity (Wildman–Crippen MR) is 130 cm³/mol. The molecule has 184 valence electrons. The van der Waals surface area contributed by atoms with Crippen molar-refractivity contribution in [2.75, 3.05) is 44.2 Å². The molecule has 2 aliphatic heterocycles. The SMILES string of the molecule is CCN(CC)S(=O)(=O)c1ccc2c(c1)C[C@H](C(=O)NCCCN1CCCCCC1)N2C(C)=O. The van der Waals surface area contributed by atoms with Gasteiger partial charge in [-0.2, -0.15) is 4.31 Å². The van der Waals surface area contributed by atoms with Gasteiger partial charge in [-0.1, -0.05) is 26.7 Å². The Bertz CT molecular complexity index is 938. The molecule has 9 heteroatoms. The Hall–Kier alpha value is -1.97. The smallest absolute Gasteiger partial charge is 0.243 e. The van der Waals surface area contributed by atoms with Crippen LogP contribution in [0.5, 0.6) is 0 Å². The minimum atomic E-state index is -3.60. The van der Waals surface area contributed by atoms with Crippen molar-refractivity contribution < 1.29 is 18.0 Å². The number of likely N-dealkylation sites (tertiary alicyclic amines) is 1. The maximum Gasteiger partial charge on any atom is 0.243 e. The van der Waals surface area contributed by atoms with Gasteiger partial charge in [-0.3, -0.25) is 14.5 Å². The standard InChI is InChI=1S/C24H38N4O4S/c1-4-27(5-2)33(31,32)21-11-12-22-20(17-21)18-23(28(22)19(3)29)24(30)25-13-10-16-26-14-8-6-7-9-15-26/h11-12,17,23H,4-10,13-16,18H2,1-3H3,(H,25,30)/t23-/m1/s1. The van der Waals surface area contributed by atoms with Crippen LogP contribution in [0.1, 0.15) is 58.4 Å². The number of carbonyl (C=O) groups is 2. The van der Waals surface area contributed by atoms with Gasteiger partial charge in [-0.25, -0.2) is 8.42 Å². The van der Waals surface area contributed by atoms with E-state index in [9.17, 15) is 18.0 Å². The molecule has 1 fully saturated rings. The summed E-state index contributed by atoms with van der Waals surface area (Å²) in [5, 5.41) is 2.99. The zero-order valence-corrected chi connectivity index (χ0v) is 21.0. The summed E-state index contributed by atoms with van der Waals surface area (Å²) in [6.07, 6.45) is 6.27. The Morgan fingerprint density at radius 2 is 1.76 bits per heavy atom. The van der Waals surface area contributed by atoms with E-state index in [1.165, 1.54) is 47.9 Å². The van der Waals surface area contributed by atoms with Gasteiger partial charge in [-0.05, 0) is 62.7 Å². The van der Waals surface area contributed by atoms with Gasteiger partial charge in [0, 0.05) is 38.7 Å². The average molecular weight is 479 g/mol. The van der Waals surface area contributed by atoms with Crippen molar-refractivity contribution in [3.05, 3.63) is 23.8 Å². The van der Waals surface area contributed by atoms with Crippen molar-refractivity contribution in [2.24, 2.45) is 0 Å². The lowest BCUT2D eigenvalue weighted by molar-refractivity contribution is -0.125. The number of hydrogen-bond donors (Lipinski definition) is 1. The molecule has 0 bridgehead atoms. The maximum atomic E-state index is 13.0. The Morgan fingerprint density at radius 3 is 2.36 bits per heavy atom. The highest BCUT2D eigenvalue weighted by atomic mass is 32.2. The van der Waals surface area contributed by atoms with Crippen LogP contribution < -0.4 is 10.2 Å². The Balaban J connectivity index is 1.66. The Morgan fingerprint density at radius 1 is 1.09 bits per heavy atom. The number of benzene rings is 1. The third kappa shape index (κ3) is 5.94. The van der Waals surface area contributed by atoms with Crippen LogP contribution in [0.15, 0.2) is 23.1 Å². The third-order valence-electron chi connectivity index (χ3n) is 6.67. The summed E-state index contributed by atoms with van der Waals surface area (Å²) < 4.78 is 27.2. The average Bonchev–Trinajstić information content (AvgIpc) is 2.98. The molecule has 2 aliphatic rings. The van der Waals surface area contributed by atoms with E-state index in [0.717, 1.165) is 26.1 Å². The molecule has 0 unspecified atom stereocenters. The number of anilines is 1. The summed E-state index contributed by atoms with van der Waals surface area (Å²) in [5.41, 5.74) is 1.33. The van der Waals surface area contributed by atoms with Crippen LogP contribution in [0.25, 0.3) is 0 Å². The maximum absolute atomic E-state index is 13.0.